The Morgan fingerprint density at radius 1 is 1.29 bits per heavy atom. The van der Waals surface area contributed by atoms with Gasteiger partial charge in [-0.25, -0.2) is 0 Å². The molecule has 110 valence electrons. The van der Waals surface area contributed by atoms with Crippen LogP contribution in [0.15, 0.2) is 65.7 Å². The monoisotopic (exact) mass is 284 g/mol. The van der Waals surface area contributed by atoms with Crippen LogP contribution in [0, 0.1) is 0 Å². The van der Waals surface area contributed by atoms with Crippen LogP contribution in [0.25, 0.3) is 0 Å². The summed E-state index contributed by atoms with van der Waals surface area (Å²) in [5, 5.41) is 0. The summed E-state index contributed by atoms with van der Waals surface area (Å²) in [6.07, 6.45) is 2.77. The van der Waals surface area contributed by atoms with Gasteiger partial charge in [0.25, 0.3) is 0 Å². The molecule has 0 radical (unpaired) electrons. The summed E-state index contributed by atoms with van der Waals surface area (Å²) in [4.78, 5) is 0. The summed E-state index contributed by atoms with van der Waals surface area (Å²) in [7, 11) is 1.20. The van der Waals surface area contributed by atoms with Crippen LogP contribution in [0.1, 0.15) is 20.3 Å². The molecule has 1 fully saturated rings. The van der Waals surface area contributed by atoms with Gasteiger partial charge in [-0.15, -0.1) is 0 Å². The Bertz CT molecular complexity index is 557. The lowest BCUT2D eigenvalue weighted by Crippen LogP contribution is -2.35. The van der Waals surface area contributed by atoms with Crippen molar-refractivity contribution in [2.75, 3.05) is 13.7 Å². The van der Waals surface area contributed by atoms with Crippen LogP contribution in [-0.2, 0) is 14.0 Å². The zero-order valence-corrected chi connectivity index (χ0v) is 12.9. The van der Waals surface area contributed by atoms with Crippen LogP contribution in [0.2, 0.25) is 0 Å². The molecule has 1 aliphatic rings. The molecule has 1 aromatic carbocycles. The summed E-state index contributed by atoms with van der Waals surface area (Å²) in [5.74, 6) is 1.55. The first-order chi connectivity index (χ1) is 10.1. The van der Waals surface area contributed by atoms with Crippen molar-refractivity contribution in [3.63, 3.8) is 0 Å². The Balaban J connectivity index is 2.20. The molecule has 1 saturated heterocycles. The molecule has 1 aliphatic heterocycles. The lowest BCUT2D eigenvalue weighted by atomic mass is 9.79. The van der Waals surface area contributed by atoms with E-state index in [2.05, 4.69) is 6.58 Å². The number of allylic oxidation sites excluding steroid dienone is 3. The van der Waals surface area contributed by atoms with E-state index in [-0.39, 0.29) is 0 Å². The number of benzene rings is 1. The van der Waals surface area contributed by atoms with E-state index in [9.17, 15) is 0 Å². The average molecular weight is 284 g/mol. The Morgan fingerprint density at radius 3 is 2.52 bits per heavy atom. The topological polar surface area (TPSA) is 27.7 Å². The Kier molecular flexibility index (Phi) is 5.29. The van der Waals surface area contributed by atoms with Gasteiger partial charge >= 0.3 is 7.12 Å². The van der Waals surface area contributed by atoms with E-state index >= 15 is 0 Å². The lowest BCUT2D eigenvalue weighted by molar-refractivity contribution is 0.261. The third kappa shape index (κ3) is 4.02. The number of rotatable bonds is 5. The van der Waals surface area contributed by atoms with E-state index in [0.717, 1.165) is 34.5 Å². The largest absolute Gasteiger partial charge is 0.562 e. The van der Waals surface area contributed by atoms with Crippen LogP contribution in [-0.4, -0.2) is 20.8 Å². The van der Waals surface area contributed by atoms with E-state index in [1.165, 1.54) is 0 Å². The molecule has 0 aromatic heterocycles. The van der Waals surface area contributed by atoms with Gasteiger partial charge in [0, 0.05) is 19.6 Å². The smallest absolute Gasteiger partial charge is 0.532 e. The summed E-state index contributed by atoms with van der Waals surface area (Å²) < 4.78 is 17.1. The molecule has 4 heteroatoms. The molecule has 0 unspecified atom stereocenters. The van der Waals surface area contributed by atoms with Crippen LogP contribution in [0.4, 0.5) is 0 Å². The molecule has 0 aliphatic carbocycles. The molecule has 0 saturated carbocycles. The Morgan fingerprint density at radius 2 is 2.00 bits per heavy atom. The minimum atomic E-state index is -0.442. The van der Waals surface area contributed by atoms with Gasteiger partial charge in [-0.05, 0) is 30.5 Å². The van der Waals surface area contributed by atoms with Gasteiger partial charge in [0.15, 0.2) is 0 Å². The molecule has 0 amide bonds. The maximum Gasteiger partial charge on any atom is 0.562 e. The first kappa shape index (κ1) is 15.5. The van der Waals surface area contributed by atoms with Gasteiger partial charge in [0.2, 0.25) is 0 Å². The molecule has 21 heavy (non-hydrogen) atoms. The van der Waals surface area contributed by atoms with Crippen molar-refractivity contribution in [2.45, 2.75) is 20.3 Å². The van der Waals surface area contributed by atoms with Crippen LogP contribution >= 0.6 is 0 Å². The molecule has 2 rings (SSSR count). The van der Waals surface area contributed by atoms with Crippen LogP contribution < -0.4 is 5.46 Å². The number of ether oxygens (including phenoxy) is 1. The molecular weight excluding hydrogens is 263 g/mol. The van der Waals surface area contributed by atoms with Gasteiger partial charge in [-0.3, -0.25) is 0 Å². The van der Waals surface area contributed by atoms with E-state index in [0.29, 0.717) is 6.61 Å². The quantitative estimate of drug-likeness (QED) is 0.614. The second kappa shape index (κ2) is 7.18. The molecular formula is C17H21BO3. The molecule has 1 aromatic rings. The van der Waals surface area contributed by atoms with Crippen LogP contribution in [0.5, 0.6) is 0 Å². The van der Waals surface area contributed by atoms with Gasteiger partial charge < -0.3 is 14.0 Å². The van der Waals surface area contributed by atoms with Crippen molar-refractivity contribution in [3.05, 3.63) is 65.7 Å². The highest BCUT2D eigenvalue weighted by molar-refractivity contribution is 6.61. The fourth-order valence-corrected chi connectivity index (χ4v) is 2.05. The molecule has 1 heterocycles. The maximum absolute atomic E-state index is 6.02. The normalized spacial score (nSPS) is 15.8. The predicted octanol–water partition coefficient (Wildman–Crippen LogP) is 3.20. The fourth-order valence-electron chi connectivity index (χ4n) is 2.05. The highest BCUT2D eigenvalue weighted by atomic mass is 16.6. The Hall–Kier alpha value is -1.94. The third-order valence-electron chi connectivity index (χ3n) is 3.28. The van der Waals surface area contributed by atoms with Gasteiger partial charge in [-0.1, -0.05) is 36.9 Å². The van der Waals surface area contributed by atoms with E-state index in [4.69, 9.17) is 14.0 Å². The second-order valence-corrected chi connectivity index (χ2v) is 5.17. The Labute approximate surface area is 127 Å². The van der Waals surface area contributed by atoms with Crippen molar-refractivity contribution in [1.82, 2.24) is 0 Å². The number of hydrogen-bond donors (Lipinski definition) is 0. The molecule has 0 N–H and O–H groups in total. The lowest BCUT2D eigenvalue weighted by Gasteiger charge is -2.16. The molecule has 3 nitrogen and oxygen atoms in total. The molecule has 0 spiro atoms. The summed E-state index contributed by atoms with van der Waals surface area (Å²) in [6.45, 7) is 8.69. The fraction of sp³-hybridized carbons (Fsp3) is 0.294. The average Bonchev–Trinajstić information content (AvgIpc) is 2.89. The SMILES string of the molecule is C=C1CCO/C1=C/C(OB(OC)c1ccccc1)=C(C)C. The van der Waals surface area contributed by atoms with Crippen LogP contribution in [0.3, 0.4) is 0 Å². The number of hydrogen-bond acceptors (Lipinski definition) is 3. The first-order valence-corrected chi connectivity index (χ1v) is 7.06. The van der Waals surface area contributed by atoms with Crippen molar-refractivity contribution in [2.24, 2.45) is 0 Å². The predicted molar refractivity (Wildman–Crippen MR) is 86.1 cm³/mol. The minimum Gasteiger partial charge on any atom is -0.532 e. The minimum absolute atomic E-state index is 0.442. The van der Waals surface area contributed by atoms with E-state index < -0.39 is 7.12 Å². The maximum atomic E-state index is 6.02. The molecule has 0 bridgehead atoms. The second-order valence-electron chi connectivity index (χ2n) is 5.17. The van der Waals surface area contributed by atoms with Crippen molar-refractivity contribution >= 4 is 12.6 Å². The standard InChI is InChI=1S/C17H21BO3/c1-13(2)16(12-17-14(3)10-11-20-17)21-18(19-4)15-8-6-5-7-9-15/h5-9,12H,3,10-11H2,1-2,4H3/b17-12+. The van der Waals surface area contributed by atoms with Crippen molar-refractivity contribution < 1.29 is 14.0 Å². The summed E-state index contributed by atoms with van der Waals surface area (Å²) in [5.41, 5.74) is 3.04. The first-order valence-electron chi connectivity index (χ1n) is 7.06. The van der Waals surface area contributed by atoms with Gasteiger partial charge in [-0.2, -0.15) is 0 Å². The molecule has 0 atom stereocenters. The van der Waals surface area contributed by atoms with Gasteiger partial charge in [0.1, 0.15) is 11.5 Å². The highest BCUT2D eigenvalue weighted by Crippen LogP contribution is 2.24. The van der Waals surface area contributed by atoms with E-state index in [1.54, 1.807) is 7.11 Å². The van der Waals surface area contributed by atoms with Crippen molar-refractivity contribution in [3.8, 4) is 0 Å². The highest BCUT2D eigenvalue weighted by Gasteiger charge is 2.23. The zero-order chi connectivity index (χ0) is 15.2. The summed E-state index contributed by atoms with van der Waals surface area (Å²) in [6, 6.07) is 9.86. The zero-order valence-electron chi connectivity index (χ0n) is 12.9. The van der Waals surface area contributed by atoms with Gasteiger partial charge in [0.05, 0.1) is 6.61 Å². The van der Waals surface area contributed by atoms with Crippen molar-refractivity contribution in [1.29, 1.82) is 0 Å². The van der Waals surface area contributed by atoms with E-state index in [1.807, 2.05) is 50.3 Å². The third-order valence-corrected chi connectivity index (χ3v) is 3.28. The summed E-state index contributed by atoms with van der Waals surface area (Å²) >= 11 is 0.